The van der Waals surface area contributed by atoms with E-state index in [1.165, 1.54) is 30.0 Å². The summed E-state index contributed by atoms with van der Waals surface area (Å²) < 4.78 is 67.5. The van der Waals surface area contributed by atoms with Gasteiger partial charge < -0.3 is 4.90 Å². The number of rotatable bonds is 5. The van der Waals surface area contributed by atoms with Crippen molar-refractivity contribution in [3.8, 4) is 0 Å². The molecule has 30 heavy (non-hydrogen) atoms. The molecule has 1 amide bonds. The van der Waals surface area contributed by atoms with Gasteiger partial charge in [-0.3, -0.25) is 9.52 Å². The predicted octanol–water partition coefficient (Wildman–Crippen LogP) is 5.12. The molecular formula is C19H18ClF3N2O3S2. The minimum Gasteiger partial charge on any atom is -0.339 e. The molecule has 1 aliphatic heterocycles. The average Bonchev–Trinajstić information content (AvgIpc) is 3.22. The number of sulfonamides is 1. The van der Waals surface area contributed by atoms with Gasteiger partial charge in [0.2, 0.25) is 0 Å². The Morgan fingerprint density at radius 3 is 2.40 bits per heavy atom. The fourth-order valence-corrected chi connectivity index (χ4v) is 5.00. The van der Waals surface area contributed by atoms with Crippen molar-refractivity contribution in [1.29, 1.82) is 0 Å². The van der Waals surface area contributed by atoms with Gasteiger partial charge in [-0.25, -0.2) is 8.42 Å². The highest BCUT2D eigenvalue weighted by Crippen LogP contribution is 2.37. The summed E-state index contributed by atoms with van der Waals surface area (Å²) in [5.74, 6) is -0.295. The molecule has 0 saturated carbocycles. The maximum Gasteiger partial charge on any atom is 0.418 e. The lowest BCUT2D eigenvalue weighted by molar-refractivity contribution is -0.136. The second-order valence-corrected chi connectivity index (χ2v) is 9.62. The number of amides is 1. The zero-order chi connectivity index (χ0) is 22.1. The van der Waals surface area contributed by atoms with Gasteiger partial charge in [0.1, 0.15) is 0 Å². The van der Waals surface area contributed by atoms with Gasteiger partial charge >= 0.3 is 6.18 Å². The molecule has 0 atom stereocenters. The maximum absolute atomic E-state index is 13.3. The number of carbonyl (C=O) groups excluding carboxylic acids is 1. The van der Waals surface area contributed by atoms with Crippen LogP contribution < -0.4 is 4.72 Å². The third-order valence-corrected chi connectivity index (χ3v) is 7.03. The van der Waals surface area contributed by atoms with E-state index in [4.69, 9.17) is 11.6 Å². The molecule has 0 bridgehead atoms. The molecule has 2 aromatic rings. The molecular weight excluding hydrogens is 461 g/mol. The standard InChI is InChI=1S/C19H18ClF3N2O3S2/c1-29-17-7-5-13(11-14(17)18(26)25-8-2-3-9-25)30(27,28)24-16-6-4-12(20)10-15(16)19(21,22)23/h4-7,10-11,24H,2-3,8-9H2,1H3. The molecule has 1 heterocycles. The number of hydrogen-bond acceptors (Lipinski definition) is 4. The summed E-state index contributed by atoms with van der Waals surface area (Å²) in [6.45, 7) is 1.17. The van der Waals surface area contributed by atoms with Crippen LogP contribution in [0.3, 0.4) is 0 Å². The molecule has 0 unspecified atom stereocenters. The topological polar surface area (TPSA) is 66.5 Å². The smallest absolute Gasteiger partial charge is 0.339 e. The van der Waals surface area contributed by atoms with E-state index in [1.54, 1.807) is 11.2 Å². The van der Waals surface area contributed by atoms with E-state index in [1.807, 2.05) is 4.72 Å². The summed E-state index contributed by atoms with van der Waals surface area (Å²) in [5.41, 5.74) is -1.64. The molecule has 2 aromatic carbocycles. The molecule has 0 aliphatic carbocycles. The Bertz CT molecular complexity index is 1070. The van der Waals surface area contributed by atoms with Crippen molar-refractivity contribution in [2.45, 2.75) is 28.8 Å². The zero-order valence-electron chi connectivity index (χ0n) is 15.8. The normalized spacial score (nSPS) is 14.8. The van der Waals surface area contributed by atoms with Crippen LogP contribution in [0.5, 0.6) is 0 Å². The number of halogens is 4. The number of likely N-dealkylation sites (tertiary alicyclic amines) is 1. The average molecular weight is 479 g/mol. The quantitative estimate of drug-likeness (QED) is 0.606. The maximum atomic E-state index is 13.3. The van der Waals surface area contributed by atoms with Crippen LogP contribution in [0.1, 0.15) is 28.8 Å². The molecule has 3 rings (SSSR count). The molecule has 0 radical (unpaired) electrons. The van der Waals surface area contributed by atoms with Gasteiger partial charge in [0.05, 0.1) is 21.7 Å². The lowest BCUT2D eigenvalue weighted by atomic mass is 10.2. The van der Waals surface area contributed by atoms with Crippen LogP contribution in [0.2, 0.25) is 5.02 Å². The Labute approximate surface area is 181 Å². The first kappa shape index (κ1) is 22.8. The van der Waals surface area contributed by atoms with E-state index in [2.05, 4.69) is 0 Å². The van der Waals surface area contributed by atoms with E-state index in [0.29, 0.717) is 24.1 Å². The molecule has 1 fully saturated rings. The first-order valence-electron chi connectivity index (χ1n) is 8.90. The molecule has 162 valence electrons. The second-order valence-electron chi connectivity index (χ2n) is 6.65. The Hall–Kier alpha value is -1.91. The van der Waals surface area contributed by atoms with Crippen LogP contribution in [0, 0.1) is 0 Å². The van der Waals surface area contributed by atoms with Crippen LogP contribution in [0.4, 0.5) is 18.9 Å². The van der Waals surface area contributed by atoms with Gasteiger partial charge in [0.25, 0.3) is 15.9 Å². The van der Waals surface area contributed by atoms with Crippen molar-refractivity contribution >= 4 is 45.0 Å². The van der Waals surface area contributed by atoms with Crippen molar-refractivity contribution in [2.24, 2.45) is 0 Å². The van der Waals surface area contributed by atoms with Gasteiger partial charge in [-0.1, -0.05) is 11.6 Å². The molecule has 0 aromatic heterocycles. The van der Waals surface area contributed by atoms with E-state index in [9.17, 15) is 26.4 Å². The molecule has 0 spiro atoms. The predicted molar refractivity (Wildman–Crippen MR) is 111 cm³/mol. The summed E-state index contributed by atoms with van der Waals surface area (Å²) in [4.78, 5) is 14.8. The Kier molecular flexibility index (Phi) is 6.59. The third-order valence-electron chi connectivity index (χ3n) is 4.64. The molecule has 11 heteroatoms. The first-order chi connectivity index (χ1) is 14.0. The van der Waals surface area contributed by atoms with Gasteiger partial charge in [0.15, 0.2) is 0 Å². The summed E-state index contributed by atoms with van der Waals surface area (Å²) >= 11 is 6.93. The van der Waals surface area contributed by atoms with Gasteiger partial charge in [-0.2, -0.15) is 13.2 Å². The Balaban J connectivity index is 1.99. The number of carbonyl (C=O) groups is 1. The first-order valence-corrected chi connectivity index (χ1v) is 12.0. The van der Waals surface area contributed by atoms with Crippen molar-refractivity contribution in [1.82, 2.24) is 4.90 Å². The monoisotopic (exact) mass is 478 g/mol. The van der Waals surface area contributed by atoms with Crippen LogP contribution >= 0.6 is 23.4 Å². The third kappa shape index (κ3) is 4.87. The van der Waals surface area contributed by atoms with E-state index < -0.39 is 27.5 Å². The van der Waals surface area contributed by atoms with Crippen molar-refractivity contribution in [3.63, 3.8) is 0 Å². The van der Waals surface area contributed by atoms with Crippen LogP contribution in [0.15, 0.2) is 46.2 Å². The molecule has 1 saturated heterocycles. The second kappa shape index (κ2) is 8.68. The largest absolute Gasteiger partial charge is 0.418 e. The number of anilines is 1. The van der Waals surface area contributed by atoms with E-state index in [-0.39, 0.29) is 21.4 Å². The van der Waals surface area contributed by atoms with Crippen molar-refractivity contribution in [2.75, 3.05) is 24.1 Å². The molecule has 1 N–H and O–H groups in total. The lowest BCUT2D eigenvalue weighted by Gasteiger charge is -2.19. The van der Waals surface area contributed by atoms with Crippen LogP contribution in [-0.2, 0) is 16.2 Å². The highest BCUT2D eigenvalue weighted by atomic mass is 35.5. The van der Waals surface area contributed by atoms with Gasteiger partial charge in [-0.05, 0) is 55.5 Å². The number of alkyl halides is 3. The fraction of sp³-hybridized carbons (Fsp3) is 0.316. The van der Waals surface area contributed by atoms with Gasteiger partial charge in [0, 0.05) is 23.0 Å². The SMILES string of the molecule is CSc1ccc(S(=O)(=O)Nc2ccc(Cl)cc2C(F)(F)F)cc1C(=O)N1CCCC1. The number of hydrogen-bond donors (Lipinski definition) is 1. The highest BCUT2D eigenvalue weighted by Gasteiger charge is 2.35. The van der Waals surface area contributed by atoms with E-state index >= 15 is 0 Å². The molecule has 1 aliphatic rings. The number of nitrogens with one attached hydrogen (secondary N) is 1. The minimum atomic E-state index is -4.80. The van der Waals surface area contributed by atoms with Crippen molar-refractivity contribution in [3.05, 3.63) is 52.5 Å². The number of nitrogens with zero attached hydrogens (tertiary/aromatic N) is 1. The summed E-state index contributed by atoms with van der Waals surface area (Å²) in [7, 11) is -4.39. The van der Waals surface area contributed by atoms with Crippen LogP contribution in [-0.4, -0.2) is 38.6 Å². The Morgan fingerprint density at radius 1 is 1.13 bits per heavy atom. The summed E-state index contributed by atoms with van der Waals surface area (Å²) in [6.07, 6.45) is -1.30. The van der Waals surface area contributed by atoms with Gasteiger partial charge in [-0.15, -0.1) is 11.8 Å². The van der Waals surface area contributed by atoms with E-state index in [0.717, 1.165) is 25.0 Å². The fourth-order valence-electron chi connectivity index (χ4n) is 3.16. The minimum absolute atomic E-state index is 0.173. The molecule has 5 nitrogen and oxygen atoms in total. The Morgan fingerprint density at radius 2 is 1.80 bits per heavy atom. The van der Waals surface area contributed by atoms with Crippen molar-refractivity contribution < 1.29 is 26.4 Å². The van der Waals surface area contributed by atoms with Crippen LogP contribution in [0.25, 0.3) is 0 Å². The highest BCUT2D eigenvalue weighted by molar-refractivity contribution is 7.98. The summed E-state index contributed by atoms with van der Waals surface area (Å²) in [6, 6.07) is 6.72. The number of benzene rings is 2. The lowest BCUT2D eigenvalue weighted by Crippen LogP contribution is -2.28. The zero-order valence-corrected chi connectivity index (χ0v) is 18.2. The number of thioether (sulfide) groups is 1. The summed E-state index contributed by atoms with van der Waals surface area (Å²) in [5, 5.41) is -0.173.